The monoisotopic (exact) mass is 308 g/mol. The van der Waals surface area contributed by atoms with E-state index in [1.54, 1.807) is 0 Å². The van der Waals surface area contributed by atoms with Gasteiger partial charge in [0.2, 0.25) is 0 Å². The second-order valence-electron chi connectivity index (χ2n) is 5.51. The standard InChI is InChI=1S/C17H28N2O3/c1-4-21-10-6-9-18-17(20)19-12-15-7-5-8-16(11-15)22-13-14(2)3/h5,7-8,11,14H,4,6,9-10,12-13H2,1-3H3,(H2,18,19,20). The molecular weight excluding hydrogens is 280 g/mol. The molecule has 0 saturated heterocycles. The predicted molar refractivity (Wildman–Crippen MR) is 88.1 cm³/mol. The number of hydrogen-bond donors (Lipinski definition) is 2. The molecule has 0 spiro atoms. The van der Waals surface area contributed by atoms with Gasteiger partial charge >= 0.3 is 6.03 Å². The molecule has 0 heterocycles. The zero-order valence-corrected chi connectivity index (χ0v) is 13.9. The number of amides is 2. The molecule has 0 unspecified atom stereocenters. The number of benzene rings is 1. The first-order valence-corrected chi connectivity index (χ1v) is 7.93. The van der Waals surface area contributed by atoms with Crippen molar-refractivity contribution in [1.29, 1.82) is 0 Å². The number of carbonyl (C=O) groups is 1. The molecule has 0 aliphatic carbocycles. The largest absolute Gasteiger partial charge is 0.493 e. The molecule has 2 amide bonds. The molecular formula is C17H28N2O3. The van der Waals surface area contributed by atoms with Crippen LogP contribution in [0.5, 0.6) is 5.75 Å². The van der Waals surface area contributed by atoms with Crippen LogP contribution in [0.25, 0.3) is 0 Å². The normalized spacial score (nSPS) is 10.5. The quantitative estimate of drug-likeness (QED) is 0.653. The number of ether oxygens (including phenoxy) is 2. The highest BCUT2D eigenvalue weighted by Crippen LogP contribution is 2.14. The molecule has 0 aliphatic rings. The third-order valence-corrected chi connectivity index (χ3v) is 2.89. The Morgan fingerprint density at radius 2 is 2.09 bits per heavy atom. The van der Waals surface area contributed by atoms with Crippen LogP contribution in [-0.4, -0.2) is 32.4 Å². The summed E-state index contributed by atoms with van der Waals surface area (Å²) in [6, 6.07) is 7.63. The molecule has 22 heavy (non-hydrogen) atoms. The Hall–Kier alpha value is -1.75. The van der Waals surface area contributed by atoms with Crippen LogP contribution in [0.15, 0.2) is 24.3 Å². The highest BCUT2D eigenvalue weighted by molar-refractivity contribution is 5.73. The lowest BCUT2D eigenvalue weighted by Gasteiger charge is -2.11. The van der Waals surface area contributed by atoms with Crippen molar-refractivity contribution in [2.45, 2.75) is 33.7 Å². The number of carbonyl (C=O) groups excluding carboxylic acids is 1. The van der Waals surface area contributed by atoms with Gasteiger partial charge in [0.1, 0.15) is 5.75 Å². The van der Waals surface area contributed by atoms with Crippen LogP contribution in [0.3, 0.4) is 0 Å². The van der Waals surface area contributed by atoms with Gasteiger partial charge < -0.3 is 20.1 Å². The van der Waals surface area contributed by atoms with E-state index in [2.05, 4.69) is 24.5 Å². The minimum absolute atomic E-state index is 0.162. The summed E-state index contributed by atoms with van der Waals surface area (Å²) in [6.45, 7) is 9.35. The van der Waals surface area contributed by atoms with E-state index in [9.17, 15) is 4.79 Å². The van der Waals surface area contributed by atoms with Gasteiger partial charge in [-0.05, 0) is 37.0 Å². The molecule has 5 heteroatoms. The first-order chi connectivity index (χ1) is 10.6. The van der Waals surface area contributed by atoms with E-state index in [4.69, 9.17) is 9.47 Å². The summed E-state index contributed by atoms with van der Waals surface area (Å²) >= 11 is 0. The van der Waals surface area contributed by atoms with Crippen LogP contribution in [0, 0.1) is 5.92 Å². The molecule has 0 aliphatic heterocycles. The van der Waals surface area contributed by atoms with Gasteiger partial charge in [0, 0.05) is 26.3 Å². The summed E-state index contributed by atoms with van der Waals surface area (Å²) in [5, 5.41) is 5.64. The van der Waals surface area contributed by atoms with E-state index in [0.29, 0.717) is 38.8 Å². The van der Waals surface area contributed by atoms with Gasteiger partial charge in [-0.3, -0.25) is 0 Å². The van der Waals surface area contributed by atoms with Gasteiger partial charge in [0.25, 0.3) is 0 Å². The Bertz CT molecular complexity index is 436. The van der Waals surface area contributed by atoms with Gasteiger partial charge in [-0.1, -0.05) is 26.0 Å². The average molecular weight is 308 g/mol. The van der Waals surface area contributed by atoms with Gasteiger partial charge in [-0.2, -0.15) is 0 Å². The summed E-state index contributed by atoms with van der Waals surface area (Å²) in [4.78, 5) is 11.7. The highest BCUT2D eigenvalue weighted by Gasteiger charge is 2.02. The number of nitrogens with one attached hydrogen (secondary N) is 2. The Labute approximate surface area is 133 Å². The summed E-state index contributed by atoms with van der Waals surface area (Å²) in [7, 11) is 0. The maximum absolute atomic E-state index is 11.7. The number of urea groups is 1. The molecule has 0 saturated carbocycles. The number of rotatable bonds is 10. The van der Waals surface area contributed by atoms with E-state index in [0.717, 1.165) is 17.7 Å². The fourth-order valence-corrected chi connectivity index (χ4v) is 1.77. The smallest absolute Gasteiger partial charge is 0.315 e. The first kappa shape index (κ1) is 18.3. The summed E-state index contributed by atoms with van der Waals surface area (Å²) in [6.07, 6.45) is 0.819. The van der Waals surface area contributed by atoms with Crippen molar-refractivity contribution in [3.63, 3.8) is 0 Å². The first-order valence-electron chi connectivity index (χ1n) is 7.93. The maximum Gasteiger partial charge on any atom is 0.315 e. The minimum Gasteiger partial charge on any atom is -0.493 e. The second kappa shape index (κ2) is 10.9. The third kappa shape index (κ3) is 8.52. The topological polar surface area (TPSA) is 59.6 Å². The molecule has 0 bridgehead atoms. The summed E-state index contributed by atoms with van der Waals surface area (Å²) in [5.41, 5.74) is 1.02. The molecule has 0 atom stereocenters. The van der Waals surface area contributed by atoms with Crippen LogP contribution in [0.1, 0.15) is 32.8 Å². The van der Waals surface area contributed by atoms with E-state index in [1.807, 2.05) is 31.2 Å². The Morgan fingerprint density at radius 3 is 2.82 bits per heavy atom. The van der Waals surface area contributed by atoms with Gasteiger partial charge in [-0.15, -0.1) is 0 Å². The lowest BCUT2D eigenvalue weighted by molar-refractivity contribution is 0.145. The fraction of sp³-hybridized carbons (Fsp3) is 0.588. The van der Waals surface area contributed by atoms with E-state index < -0.39 is 0 Å². The van der Waals surface area contributed by atoms with Crippen LogP contribution < -0.4 is 15.4 Å². The van der Waals surface area contributed by atoms with Crippen molar-refractivity contribution in [3.8, 4) is 5.75 Å². The van der Waals surface area contributed by atoms with E-state index in [1.165, 1.54) is 0 Å². The van der Waals surface area contributed by atoms with Crippen LogP contribution in [-0.2, 0) is 11.3 Å². The van der Waals surface area contributed by atoms with Gasteiger partial charge in [-0.25, -0.2) is 4.79 Å². The van der Waals surface area contributed by atoms with Crippen molar-refractivity contribution in [2.24, 2.45) is 5.92 Å². The van der Waals surface area contributed by atoms with Crippen molar-refractivity contribution in [2.75, 3.05) is 26.4 Å². The lowest BCUT2D eigenvalue weighted by atomic mass is 10.2. The molecule has 1 aromatic rings. The Balaban J connectivity index is 2.25. The molecule has 0 radical (unpaired) electrons. The van der Waals surface area contributed by atoms with Crippen LogP contribution >= 0.6 is 0 Å². The summed E-state index contributed by atoms with van der Waals surface area (Å²) in [5.74, 6) is 1.33. The maximum atomic E-state index is 11.7. The predicted octanol–water partition coefficient (Wildman–Crippen LogP) is 2.95. The molecule has 124 valence electrons. The minimum atomic E-state index is -0.162. The molecule has 1 rings (SSSR count). The van der Waals surface area contributed by atoms with Crippen molar-refractivity contribution >= 4 is 6.03 Å². The van der Waals surface area contributed by atoms with Gasteiger partial charge in [0.15, 0.2) is 0 Å². The van der Waals surface area contributed by atoms with Crippen molar-refractivity contribution < 1.29 is 14.3 Å². The van der Waals surface area contributed by atoms with Crippen LogP contribution in [0.4, 0.5) is 4.79 Å². The lowest BCUT2D eigenvalue weighted by Crippen LogP contribution is -2.35. The average Bonchev–Trinajstić information content (AvgIpc) is 2.51. The SMILES string of the molecule is CCOCCCNC(=O)NCc1cccc(OCC(C)C)c1. The van der Waals surface area contributed by atoms with E-state index in [-0.39, 0.29) is 6.03 Å². The zero-order valence-electron chi connectivity index (χ0n) is 13.9. The molecule has 0 fully saturated rings. The van der Waals surface area contributed by atoms with Crippen molar-refractivity contribution in [1.82, 2.24) is 10.6 Å². The molecule has 1 aromatic carbocycles. The van der Waals surface area contributed by atoms with Gasteiger partial charge in [0.05, 0.1) is 6.61 Å². The van der Waals surface area contributed by atoms with E-state index >= 15 is 0 Å². The Morgan fingerprint density at radius 1 is 1.27 bits per heavy atom. The third-order valence-electron chi connectivity index (χ3n) is 2.89. The number of hydrogen-bond acceptors (Lipinski definition) is 3. The zero-order chi connectivity index (χ0) is 16.2. The summed E-state index contributed by atoms with van der Waals surface area (Å²) < 4.78 is 10.9. The highest BCUT2D eigenvalue weighted by atomic mass is 16.5. The van der Waals surface area contributed by atoms with Crippen LogP contribution in [0.2, 0.25) is 0 Å². The molecule has 5 nitrogen and oxygen atoms in total. The fourth-order valence-electron chi connectivity index (χ4n) is 1.77. The molecule has 0 aromatic heterocycles. The second-order valence-corrected chi connectivity index (χ2v) is 5.51. The Kier molecular flexibility index (Phi) is 9.07. The van der Waals surface area contributed by atoms with Crippen molar-refractivity contribution in [3.05, 3.63) is 29.8 Å². The molecule has 2 N–H and O–H groups in total.